The van der Waals surface area contributed by atoms with Crippen LogP contribution < -0.4 is 5.32 Å². The van der Waals surface area contributed by atoms with E-state index in [9.17, 15) is 18.0 Å². The molecule has 178 valence electrons. The molecule has 1 fully saturated rings. The smallest absolute Gasteiger partial charge is 0.378 e. The average molecular weight is 542 g/mol. The van der Waals surface area contributed by atoms with Gasteiger partial charge in [0, 0.05) is 24.7 Å². The summed E-state index contributed by atoms with van der Waals surface area (Å²) in [5.41, 5.74) is 0.967. The molecule has 0 saturated carbocycles. The van der Waals surface area contributed by atoms with Gasteiger partial charge in [-0.25, -0.2) is 4.79 Å². The largest absolute Gasteiger partial charge is 0.399 e. The van der Waals surface area contributed by atoms with Crippen LogP contribution in [0.4, 0.5) is 18.0 Å². The number of carbonyl (C=O) groups excluding carboxylic acids is 1. The van der Waals surface area contributed by atoms with E-state index in [-0.39, 0.29) is 33.2 Å². The number of ether oxygens (including phenoxy) is 1. The van der Waals surface area contributed by atoms with E-state index in [1.165, 1.54) is 12.1 Å². The number of alkyl halides is 3. The maximum Gasteiger partial charge on any atom is 0.399 e. The normalized spacial score (nSPS) is 15.7. The lowest BCUT2D eigenvalue weighted by Crippen LogP contribution is -2.45. The Morgan fingerprint density at radius 2 is 1.70 bits per heavy atom. The Morgan fingerprint density at radius 3 is 2.27 bits per heavy atom. The van der Waals surface area contributed by atoms with Crippen molar-refractivity contribution in [3.8, 4) is 0 Å². The van der Waals surface area contributed by atoms with Crippen molar-refractivity contribution < 1.29 is 22.7 Å². The highest BCUT2D eigenvalue weighted by Crippen LogP contribution is 2.41. The Kier molecular flexibility index (Phi) is 8.81. The Bertz CT molecular complexity index is 1020. The van der Waals surface area contributed by atoms with Crippen LogP contribution in [-0.4, -0.2) is 43.4 Å². The van der Waals surface area contributed by atoms with Gasteiger partial charge in [-0.3, -0.25) is 0 Å². The van der Waals surface area contributed by atoms with Crippen molar-refractivity contribution >= 4 is 58.5 Å². The molecule has 0 radical (unpaired) electrons. The number of hydrogen-bond acceptors (Lipinski definition) is 2. The zero-order valence-corrected chi connectivity index (χ0v) is 20.1. The summed E-state index contributed by atoms with van der Waals surface area (Å²) in [6, 6.07) is 6.86. The molecule has 1 atom stereocenters. The van der Waals surface area contributed by atoms with Gasteiger partial charge in [-0.1, -0.05) is 70.7 Å². The Balaban J connectivity index is 1.72. The average Bonchev–Trinajstić information content (AvgIpc) is 2.76. The molecule has 1 heterocycles. The Labute approximate surface area is 209 Å². The number of urea groups is 1. The van der Waals surface area contributed by atoms with Crippen LogP contribution in [0.15, 0.2) is 36.4 Å². The van der Waals surface area contributed by atoms with Crippen molar-refractivity contribution in [3.05, 3.63) is 73.2 Å². The fourth-order valence-corrected chi connectivity index (χ4v) is 4.10. The molecule has 0 spiro atoms. The minimum Gasteiger partial charge on any atom is -0.378 e. The van der Waals surface area contributed by atoms with E-state index in [1.807, 2.05) is 0 Å². The molecule has 33 heavy (non-hydrogen) atoms. The summed E-state index contributed by atoms with van der Waals surface area (Å²) in [7, 11) is 0. The first kappa shape index (κ1) is 26.0. The zero-order valence-electron chi connectivity index (χ0n) is 17.1. The van der Waals surface area contributed by atoms with Gasteiger partial charge in [0.25, 0.3) is 0 Å². The highest BCUT2D eigenvalue weighted by Gasteiger charge is 2.39. The fraction of sp³-hybridized carbons (Fsp3) is 0.318. The number of halogens is 7. The van der Waals surface area contributed by atoms with Gasteiger partial charge < -0.3 is 15.0 Å². The van der Waals surface area contributed by atoms with E-state index in [1.54, 1.807) is 17.0 Å². The third-order valence-corrected chi connectivity index (χ3v) is 6.55. The van der Waals surface area contributed by atoms with Crippen LogP contribution in [0.3, 0.4) is 0 Å². The summed E-state index contributed by atoms with van der Waals surface area (Å²) >= 11 is 24.0. The molecule has 2 amide bonds. The topological polar surface area (TPSA) is 41.6 Å². The molecule has 1 aliphatic rings. The van der Waals surface area contributed by atoms with Crippen LogP contribution in [-0.2, 0) is 11.3 Å². The number of amides is 2. The highest BCUT2D eigenvalue weighted by atomic mass is 35.5. The summed E-state index contributed by atoms with van der Waals surface area (Å²) in [5.74, 6) is -1.95. The van der Waals surface area contributed by atoms with Gasteiger partial charge in [0.2, 0.25) is 0 Å². The monoisotopic (exact) mass is 540 g/mol. The van der Waals surface area contributed by atoms with Crippen molar-refractivity contribution in [2.45, 2.75) is 18.6 Å². The van der Waals surface area contributed by atoms with Crippen molar-refractivity contribution in [3.63, 3.8) is 0 Å². The standard InChI is InChI=1S/C22H19Cl4F3N2O2/c23-17-9-13(1-3-14(17)12-30-21(32)31-5-7-33-8-6-31)2-4-16(22(27,28)29)15-10-18(24)20(26)19(25)11-15/h1-4,9-11,16H,5-8,12H2,(H,30,32)/b4-2+. The van der Waals surface area contributed by atoms with E-state index >= 15 is 0 Å². The first-order valence-corrected chi connectivity index (χ1v) is 11.4. The molecule has 2 aromatic rings. The molecule has 1 saturated heterocycles. The third-order valence-electron chi connectivity index (χ3n) is 5.00. The molecule has 4 nitrogen and oxygen atoms in total. The summed E-state index contributed by atoms with van der Waals surface area (Å²) in [6.45, 7) is 2.18. The van der Waals surface area contributed by atoms with Crippen LogP contribution in [0.5, 0.6) is 0 Å². The van der Waals surface area contributed by atoms with E-state index < -0.39 is 12.1 Å². The number of benzene rings is 2. The van der Waals surface area contributed by atoms with Gasteiger partial charge in [0.15, 0.2) is 0 Å². The van der Waals surface area contributed by atoms with E-state index in [4.69, 9.17) is 51.1 Å². The second-order valence-electron chi connectivity index (χ2n) is 7.29. The number of carbonyl (C=O) groups is 1. The SMILES string of the molecule is O=C(NCc1ccc(/C=C/C(c2cc(Cl)c(Cl)c(Cl)c2)C(F)(F)F)cc1Cl)N1CCOCC1. The minimum atomic E-state index is -4.58. The van der Waals surface area contributed by atoms with Crippen LogP contribution in [0.1, 0.15) is 22.6 Å². The lowest BCUT2D eigenvalue weighted by atomic mass is 9.97. The van der Waals surface area contributed by atoms with E-state index in [0.717, 1.165) is 18.2 Å². The molecule has 1 N–H and O–H groups in total. The Hall–Kier alpha value is -1.64. The molecule has 0 bridgehead atoms. The molecule has 0 aromatic heterocycles. The molecule has 1 unspecified atom stereocenters. The number of nitrogens with one attached hydrogen (secondary N) is 1. The van der Waals surface area contributed by atoms with E-state index in [0.29, 0.717) is 42.5 Å². The van der Waals surface area contributed by atoms with Crippen molar-refractivity contribution in [2.24, 2.45) is 0 Å². The number of hydrogen-bond donors (Lipinski definition) is 1. The molecular formula is C22H19Cl4F3N2O2. The third kappa shape index (κ3) is 6.93. The number of allylic oxidation sites excluding steroid dienone is 1. The lowest BCUT2D eigenvalue weighted by molar-refractivity contribution is -0.139. The molecule has 3 rings (SSSR count). The minimum absolute atomic E-state index is 0.00457. The Morgan fingerprint density at radius 1 is 1.06 bits per heavy atom. The second kappa shape index (κ2) is 11.2. The van der Waals surface area contributed by atoms with Crippen LogP contribution in [0.2, 0.25) is 20.1 Å². The highest BCUT2D eigenvalue weighted by molar-refractivity contribution is 6.48. The summed E-state index contributed by atoms with van der Waals surface area (Å²) in [6.07, 6.45) is -2.26. The number of nitrogens with zero attached hydrogens (tertiary/aromatic N) is 1. The molecule has 2 aromatic carbocycles. The summed E-state index contributed by atoms with van der Waals surface area (Å²) < 4.78 is 46.3. The number of morpholine rings is 1. The predicted molar refractivity (Wildman–Crippen MR) is 125 cm³/mol. The van der Waals surface area contributed by atoms with Gasteiger partial charge >= 0.3 is 12.2 Å². The molecular weight excluding hydrogens is 523 g/mol. The van der Waals surface area contributed by atoms with Gasteiger partial charge in [0.1, 0.15) is 0 Å². The van der Waals surface area contributed by atoms with Crippen molar-refractivity contribution in [2.75, 3.05) is 26.3 Å². The number of rotatable bonds is 5. The van der Waals surface area contributed by atoms with Crippen LogP contribution >= 0.6 is 46.4 Å². The van der Waals surface area contributed by atoms with E-state index in [2.05, 4.69) is 5.32 Å². The maximum absolute atomic E-state index is 13.7. The predicted octanol–water partition coefficient (Wildman–Crippen LogP) is 7.20. The first-order chi connectivity index (χ1) is 15.6. The van der Waals surface area contributed by atoms with Crippen molar-refractivity contribution in [1.29, 1.82) is 0 Å². The zero-order chi connectivity index (χ0) is 24.2. The van der Waals surface area contributed by atoms with Gasteiger partial charge in [-0.2, -0.15) is 13.2 Å². The molecule has 11 heteroatoms. The van der Waals surface area contributed by atoms with Crippen molar-refractivity contribution in [1.82, 2.24) is 10.2 Å². The van der Waals surface area contributed by atoms with Gasteiger partial charge in [0.05, 0.1) is 34.2 Å². The molecule has 0 aliphatic carbocycles. The van der Waals surface area contributed by atoms with Gasteiger partial charge in [-0.15, -0.1) is 0 Å². The molecule has 1 aliphatic heterocycles. The maximum atomic E-state index is 13.7. The second-order valence-corrected chi connectivity index (χ2v) is 8.89. The summed E-state index contributed by atoms with van der Waals surface area (Å²) in [4.78, 5) is 13.8. The summed E-state index contributed by atoms with van der Waals surface area (Å²) in [5, 5.41) is 2.97. The van der Waals surface area contributed by atoms with Crippen LogP contribution in [0.25, 0.3) is 6.08 Å². The fourth-order valence-electron chi connectivity index (χ4n) is 3.23. The lowest BCUT2D eigenvalue weighted by Gasteiger charge is -2.27. The first-order valence-electron chi connectivity index (χ1n) is 9.84. The van der Waals surface area contributed by atoms with Crippen LogP contribution in [0, 0.1) is 0 Å². The van der Waals surface area contributed by atoms with Gasteiger partial charge in [-0.05, 0) is 34.9 Å². The quantitative estimate of drug-likeness (QED) is 0.406.